The van der Waals surface area contributed by atoms with E-state index in [4.69, 9.17) is 0 Å². The highest BCUT2D eigenvalue weighted by atomic mass is 32.1. The van der Waals surface area contributed by atoms with Crippen LogP contribution in [-0.4, -0.2) is 52.2 Å². The molecule has 1 fully saturated rings. The number of thiazole rings is 1. The number of nitrogens with one attached hydrogen (secondary N) is 3. The van der Waals surface area contributed by atoms with E-state index in [1.807, 2.05) is 24.3 Å². The highest BCUT2D eigenvalue weighted by molar-refractivity contribution is 7.17. The minimum atomic E-state index is -0.987. The van der Waals surface area contributed by atoms with Crippen molar-refractivity contribution < 1.29 is 9.90 Å². The normalized spacial score (nSPS) is 13.8. The van der Waals surface area contributed by atoms with Gasteiger partial charge in [-0.3, -0.25) is 5.32 Å². The third kappa shape index (κ3) is 4.84. The lowest BCUT2D eigenvalue weighted by Crippen LogP contribution is -2.44. The summed E-state index contributed by atoms with van der Waals surface area (Å²) in [5.74, 6) is 0.902. The van der Waals surface area contributed by atoms with Crippen molar-refractivity contribution in [1.82, 2.24) is 20.3 Å². The smallest absolute Gasteiger partial charge is 0.347 e. The van der Waals surface area contributed by atoms with E-state index >= 15 is 0 Å². The lowest BCUT2D eigenvalue weighted by Gasteiger charge is -2.28. The fourth-order valence-electron chi connectivity index (χ4n) is 3.17. The maximum atomic E-state index is 11.3. The predicted octanol–water partition coefficient (Wildman–Crippen LogP) is 2.71. The molecule has 0 spiro atoms. The van der Waals surface area contributed by atoms with E-state index in [0.29, 0.717) is 29.1 Å². The van der Waals surface area contributed by atoms with Gasteiger partial charge in [-0.05, 0) is 12.5 Å². The summed E-state index contributed by atoms with van der Waals surface area (Å²) in [7, 11) is 0. The molecule has 30 heavy (non-hydrogen) atoms. The molecule has 0 bridgehead atoms. The summed E-state index contributed by atoms with van der Waals surface area (Å²) >= 11 is 1.07. The molecule has 2 aromatic heterocycles. The van der Waals surface area contributed by atoms with Crippen LogP contribution in [0.15, 0.2) is 36.4 Å². The second kappa shape index (κ2) is 9.06. The minimum absolute atomic E-state index is 0.207. The van der Waals surface area contributed by atoms with E-state index in [1.54, 1.807) is 6.92 Å². The highest BCUT2D eigenvalue weighted by Gasteiger charge is 2.17. The van der Waals surface area contributed by atoms with Gasteiger partial charge in [0.2, 0.25) is 5.95 Å². The van der Waals surface area contributed by atoms with Crippen molar-refractivity contribution in [2.24, 2.45) is 0 Å². The molecule has 4 N–H and O–H groups in total. The maximum Gasteiger partial charge on any atom is 0.347 e. The summed E-state index contributed by atoms with van der Waals surface area (Å²) in [4.78, 5) is 27.2. The standard InChI is InChI=1S/C20H23N7O2S/c1-13-17(18(28)29)30-20(23-13)26-19-24-15(22-12-14-5-3-2-4-6-14)11-16(25-19)27-9-7-21-8-10-27/h2-6,11,21H,7-10,12H2,1H3,(H,28,29)(H2,22,23,24,25,26). The SMILES string of the molecule is Cc1nc(Nc2nc(NCc3ccccc3)cc(N3CCNCC3)n2)sc1C(=O)O. The quantitative estimate of drug-likeness (QED) is 0.453. The fourth-order valence-corrected chi connectivity index (χ4v) is 3.97. The van der Waals surface area contributed by atoms with Gasteiger partial charge < -0.3 is 20.6 Å². The molecule has 1 aromatic carbocycles. The number of aryl methyl sites for hydroxylation is 1. The molecule has 4 rings (SSSR count). The van der Waals surface area contributed by atoms with Crippen LogP contribution in [0.2, 0.25) is 0 Å². The molecule has 0 aliphatic carbocycles. The first-order valence-corrected chi connectivity index (χ1v) is 10.5. The Hall–Kier alpha value is -3.24. The largest absolute Gasteiger partial charge is 0.477 e. The van der Waals surface area contributed by atoms with E-state index in [1.165, 1.54) is 0 Å². The Balaban J connectivity index is 1.59. The van der Waals surface area contributed by atoms with E-state index < -0.39 is 5.97 Å². The second-order valence-corrected chi connectivity index (χ2v) is 7.87. The van der Waals surface area contributed by atoms with Gasteiger partial charge in [0.05, 0.1) is 5.69 Å². The molecule has 9 nitrogen and oxygen atoms in total. The molecule has 0 saturated carbocycles. The number of benzene rings is 1. The summed E-state index contributed by atoms with van der Waals surface area (Å²) in [6.07, 6.45) is 0. The number of anilines is 4. The van der Waals surface area contributed by atoms with Crippen LogP contribution in [0.1, 0.15) is 20.9 Å². The van der Waals surface area contributed by atoms with Crippen LogP contribution in [-0.2, 0) is 6.54 Å². The molecular weight excluding hydrogens is 402 g/mol. The third-order valence-corrected chi connectivity index (χ3v) is 5.74. The van der Waals surface area contributed by atoms with Gasteiger partial charge >= 0.3 is 5.97 Å². The van der Waals surface area contributed by atoms with Gasteiger partial charge in [-0.2, -0.15) is 9.97 Å². The lowest BCUT2D eigenvalue weighted by molar-refractivity contribution is 0.0701. The van der Waals surface area contributed by atoms with Gasteiger partial charge in [-0.1, -0.05) is 41.7 Å². The minimum Gasteiger partial charge on any atom is -0.477 e. The zero-order valence-corrected chi connectivity index (χ0v) is 17.4. The van der Waals surface area contributed by atoms with Crippen LogP contribution in [0.25, 0.3) is 0 Å². The van der Waals surface area contributed by atoms with Crippen LogP contribution >= 0.6 is 11.3 Å². The molecular formula is C20H23N7O2S. The first kappa shape index (κ1) is 20.0. The van der Waals surface area contributed by atoms with Crippen LogP contribution in [0.3, 0.4) is 0 Å². The van der Waals surface area contributed by atoms with Gasteiger partial charge in [0.1, 0.15) is 16.5 Å². The summed E-state index contributed by atoms with van der Waals surface area (Å²) in [6, 6.07) is 12.0. The van der Waals surface area contributed by atoms with E-state index in [9.17, 15) is 9.90 Å². The van der Waals surface area contributed by atoms with Crippen LogP contribution in [0, 0.1) is 6.92 Å². The summed E-state index contributed by atoms with van der Waals surface area (Å²) < 4.78 is 0. The first-order valence-electron chi connectivity index (χ1n) is 9.69. The zero-order chi connectivity index (χ0) is 20.9. The monoisotopic (exact) mass is 425 g/mol. The number of aromatic carboxylic acids is 1. The van der Waals surface area contributed by atoms with Gasteiger partial charge in [-0.15, -0.1) is 0 Å². The van der Waals surface area contributed by atoms with Gasteiger partial charge in [0.25, 0.3) is 0 Å². The molecule has 10 heteroatoms. The Morgan fingerprint density at radius 3 is 2.67 bits per heavy atom. The van der Waals surface area contributed by atoms with Gasteiger partial charge in [0, 0.05) is 38.8 Å². The lowest BCUT2D eigenvalue weighted by atomic mass is 10.2. The third-order valence-electron chi connectivity index (χ3n) is 4.68. The van der Waals surface area contributed by atoms with Crippen molar-refractivity contribution in [3.05, 3.63) is 52.5 Å². The molecule has 1 aliphatic heterocycles. The first-order chi connectivity index (χ1) is 14.6. The molecule has 0 atom stereocenters. The summed E-state index contributed by atoms with van der Waals surface area (Å²) in [6.45, 7) is 5.82. The van der Waals surface area contributed by atoms with Crippen LogP contribution in [0.5, 0.6) is 0 Å². The molecule has 0 amide bonds. The molecule has 156 valence electrons. The fraction of sp³-hybridized carbons (Fsp3) is 0.300. The van der Waals surface area contributed by atoms with Crippen molar-refractivity contribution in [1.29, 1.82) is 0 Å². The maximum absolute atomic E-state index is 11.3. The number of rotatable bonds is 7. The number of nitrogens with zero attached hydrogens (tertiary/aromatic N) is 4. The number of carbonyl (C=O) groups is 1. The zero-order valence-electron chi connectivity index (χ0n) is 16.6. The Morgan fingerprint density at radius 1 is 1.20 bits per heavy atom. The molecule has 1 aliphatic rings. The summed E-state index contributed by atoms with van der Waals surface area (Å²) in [5, 5.41) is 19.5. The number of aromatic nitrogens is 3. The van der Waals surface area contributed by atoms with E-state index in [2.05, 4.69) is 47.9 Å². The Kier molecular flexibility index (Phi) is 6.05. The average Bonchev–Trinajstić information content (AvgIpc) is 3.14. The average molecular weight is 426 g/mol. The highest BCUT2D eigenvalue weighted by Crippen LogP contribution is 2.26. The van der Waals surface area contributed by atoms with Crippen molar-refractivity contribution in [3.8, 4) is 0 Å². The topological polar surface area (TPSA) is 115 Å². The number of hydrogen-bond donors (Lipinski definition) is 4. The number of carboxylic acids is 1. The molecule has 0 unspecified atom stereocenters. The van der Waals surface area contributed by atoms with E-state index in [0.717, 1.165) is 48.9 Å². The van der Waals surface area contributed by atoms with Crippen molar-refractivity contribution in [2.45, 2.75) is 13.5 Å². The van der Waals surface area contributed by atoms with Crippen LogP contribution in [0.4, 0.5) is 22.7 Å². The number of carboxylic acid groups (broad SMARTS) is 1. The molecule has 3 heterocycles. The van der Waals surface area contributed by atoms with Crippen molar-refractivity contribution in [3.63, 3.8) is 0 Å². The molecule has 0 radical (unpaired) electrons. The summed E-state index contributed by atoms with van der Waals surface area (Å²) in [5.41, 5.74) is 1.62. The molecule has 3 aromatic rings. The second-order valence-electron chi connectivity index (χ2n) is 6.87. The van der Waals surface area contributed by atoms with Crippen LogP contribution < -0.4 is 20.9 Å². The Morgan fingerprint density at radius 2 is 1.97 bits per heavy atom. The number of piperazine rings is 1. The Labute approximate surface area is 178 Å². The molecule has 1 saturated heterocycles. The number of hydrogen-bond acceptors (Lipinski definition) is 9. The van der Waals surface area contributed by atoms with Crippen molar-refractivity contribution in [2.75, 3.05) is 41.7 Å². The predicted molar refractivity (Wildman–Crippen MR) is 118 cm³/mol. The van der Waals surface area contributed by atoms with E-state index in [-0.39, 0.29) is 4.88 Å². The Bertz CT molecular complexity index is 1020. The van der Waals surface area contributed by atoms with Gasteiger partial charge in [-0.25, -0.2) is 9.78 Å². The van der Waals surface area contributed by atoms with Crippen molar-refractivity contribution >= 4 is 40.0 Å². The van der Waals surface area contributed by atoms with Gasteiger partial charge in [0.15, 0.2) is 5.13 Å².